The van der Waals surface area contributed by atoms with Gasteiger partial charge in [-0.1, -0.05) is 0 Å². The summed E-state index contributed by atoms with van der Waals surface area (Å²) in [6, 6.07) is 0. The Bertz CT molecular complexity index is 417. The van der Waals surface area contributed by atoms with Crippen molar-refractivity contribution in [3.63, 3.8) is 0 Å². The number of nitrogens with two attached hydrogens (primary N) is 1. The van der Waals surface area contributed by atoms with Crippen molar-refractivity contribution in [3.8, 4) is 0 Å². The van der Waals surface area contributed by atoms with Crippen LogP contribution in [0.4, 0.5) is 4.79 Å². The lowest BCUT2D eigenvalue weighted by molar-refractivity contribution is 0.0186. The highest BCUT2D eigenvalue weighted by atomic mass is 127. The van der Waals surface area contributed by atoms with Crippen LogP contribution in [0, 0.1) is 0 Å². The number of aliphatic imine (C=N–C) groups is 1. The number of carbonyl (C=O) groups excluding carboxylic acids is 1. The highest BCUT2D eigenvalue weighted by Gasteiger charge is 2.26. The molecule has 1 amide bonds. The van der Waals surface area contributed by atoms with Crippen LogP contribution in [0.5, 0.6) is 0 Å². The van der Waals surface area contributed by atoms with Crippen LogP contribution in [-0.2, 0) is 9.47 Å². The minimum atomic E-state index is -0.464. The molecule has 0 bridgehead atoms. The van der Waals surface area contributed by atoms with Crippen LogP contribution < -0.4 is 5.73 Å². The van der Waals surface area contributed by atoms with Crippen molar-refractivity contribution in [2.45, 2.75) is 59.2 Å². The van der Waals surface area contributed by atoms with E-state index in [1.807, 2.05) is 39.5 Å². The first-order valence-electron chi connectivity index (χ1n) is 8.83. The Hall–Kier alpha value is -0.770. The molecule has 0 aromatic carbocycles. The number of piperazine rings is 1. The molecule has 8 heteroatoms. The Balaban J connectivity index is 0.00000576. The highest BCUT2D eigenvalue weighted by molar-refractivity contribution is 14.0. The van der Waals surface area contributed by atoms with Crippen molar-refractivity contribution in [1.82, 2.24) is 9.80 Å². The number of nitrogens with zero attached hydrogens (tertiary/aromatic N) is 3. The third kappa shape index (κ3) is 10.7. The molecular weight excluding hydrogens is 435 g/mol. The van der Waals surface area contributed by atoms with E-state index in [0.717, 1.165) is 19.4 Å². The molecule has 1 rings (SSSR count). The van der Waals surface area contributed by atoms with E-state index < -0.39 is 5.60 Å². The van der Waals surface area contributed by atoms with Gasteiger partial charge in [0.05, 0.1) is 6.10 Å². The second kappa shape index (κ2) is 11.8. The lowest BCUT2D eigenvalue weighted by Crippen LogP contribution is -2.53. The fourth-order valence-electron chi connectivity index (χ4n) is 2.27. The zero-order valence-electron chi connectivity index (χ0n) is 16.3. The van der Waals surface area contributed by atoms with Gasteiger partial charge in [-0.15, -0.1) is 24.0 Å². The number of ether oxygens (including phenoxy) is 2. The molecule has 148 valence electrons. The summed E-state index contributed by atoms with van der Waals surface area (Å²) in [6.45, 7) is 13.7. The minimum Gasteiger partial charge on any atom is -0.444 e. The van der Waals surface area contributed by atoms with Crippen LogP contribution >= 0.6 is 24.0 Å². The Morgan fingerprint density at radius 1 is 1.12 bits per heavy atom. The zero-order valence-corrected chi connectivity index (χ0v) is 18.6. The molecule has 1 aliphatic heterocycles. The van der Waals surface area contributed by atoms with Crippen molar-refractivity contribution >= 4 is 36.0 Å². The monoisotopic (exact) mass is 470 g/mol. The van der Waals surface area contributed by atoms with Crippen LogP contribution in [-0.4, -0.2) is 72.9 Å². The van der Waals surface area contributed by atoms with E-state index in [1.54, 1.807) is 4.90 Å². The van der Waals surface area contributed by atoms with Crippen LogP contribution in [0.25, 0.3) is 0 Å². The standard InChI is InChI=1S/C17H34N4O3.HI/c1-14(2)23-13-7-6-8-19-15(18)20-9-11-21(12-10-20)16(22)24-17(3,4)5;/h14H,6-13H2,1-5H3,(H2,18,19);1H. The van der Waals surface area contributed by atoms with Crippen LogP contribution in [0.2, 0.25) is 0 Å². The van der Waals surface area contributed by atoms with Crippen LogP contribution in [0.1, 0.15) is 47.5 Å². The summed E-state index contributed by atoms with van der Waals surface area (Å²) < 4.78 is 10.9. The Morgan fingerprint density at radius 2 is 1.68 bits per heavy atom. The van der Waals surface area contributed by atoms with Gasteiger partial charge in [0.25, 0.3) is 0 Å². The molecule has 7 nitrogen and oxygen atoms in total. The van der Waals surface area contributed by atoms with E-state index in [1.165, 1.54) is 0 Å². The maximum absolute atomic E-state index is 12.0. The first-order valence-corrected chi connectivity index (χ1v) is 8.83. The van der Waals surface area contributed by atoms with Crippen molar-refractivity contribution in [2.75, 3.05) is 39.3 Å². The van der Waals surface area contributed by atoms with E-state index in [2.05, 4.69) is 4.99 Å². The molecule has 1 fully saturated rings. The van der Waals surface area contributed by atoms with Crippen molar-refractivity contribution < 1.29 is 14.3 Å². The number of hydrogen-bond acceptors (Lipinski definition) is 4. The Kier molecular flexibility index (Phi) is 11.4. The van der Waals surface area contributed by atoms with E-state index in [0.29, 0.717) is 38.7 Å². The van der Waals surface area contributed by atoms with E-state index in [9.17, 15) is 4.79 Å². The van der Waals surface area contributed by atoms with Crippen LogP contribution in [0.15, 0.2) is 4.99 Å². The largest absolute Gasteiger partial charge is 0.444 e. The smallest absolute Gasteiger partial charge is 0.410 e. The highest BCUT2D eigenvalue weighted by Crippen LogP contribution is 2.11. The van der Waals surface area contributed by atoms with E-state index in [-0.39, 0.29) is 36.2 Å². The van der Waals surface area contributed by atoms with Gasteiger partial charge in [-0.25, -0.2) is 4.79 Å². The van der Waals surface area contributed by atoms with Crippen molar-refractivity contribution in [2.24, 2.45) is 10.7 Å². The summed E-state index contributed by atoms with van der Waals surface area (Å²) in [5.74, 6) is 0.559. The van der Waals surface area contributed by atoms with E-state index in [4.69, 9.17) is 15.2 Å². The molecule has 0 radical (unpaired) electrons. The predicted octanol–water partition coefficient (Wildman–Crippen LogP) is 2.68. The fraction of sp³-hybridized carbons (Fsp3) is 0.882. The average molecular weight is 470 g/mol. The third-order valence-electron chi connectivity index (χ3n) is 3.53. The third-order valence-corrected chi connectivity index (χ3v) is 3.53. The summed E-state index contributed by atoms with van der Waals surface area (Å²) in [6.07, 6.45) is 1.97. The number of hydrogen-bond donors (Lipinski definition) is 1. The number of guanidine groups is 1. The molecule has 1 heterocycles. The van der Waals surface area contributed by atoms with Gasteiger partial charge in [0.2, 0.25) is 0 Å². The molecule has 1 saturated heterocycles. The van der Waals surface area contributed by atoms with Crippen LogP contribution in [0.3, 0.4) is 0 Å². The van der Waals surface area contributed by atoms with Gasteiger partial charge < -0.3 is 25.0 Å². The van der Waals surface area contributed by atoms with Gasteiger partial charge in [-0.05, 0) is 47.5 Å². The molecule has 0 aliphatic carbocycles. The molecule has 0 spiro atoms. The van der Waals surface area contributed by atoms with Gasteiger partial charge in [-0.2, -0.15) is 0 Å². The fourth-order valence-corrected chi connectivity index (χ4v) is 2.27. The number of rotatable bonds is 6. The Labute approximate surface area is 169 Å². The number of unbranched alkanes of at least 4 members (excludes halogenated alkanes) is 1. The number of carbonyl (C=O) groups is 1. The second-order valence-electron chi connectivity index (χ2n) is 7.32. The second-order valence-corrected chi connectivity index (χ2v) is 7.32. The molecule has 2 N–H and O–H groups in total. The lowest BCUT2D eigenvalue weighted by Gasteiger charge is -2.36. The van der Waals surface area contributed by atoms with Crippen molar-refractivity contribution in [1.29, 1.82) is 0 Å². The maximum Gasteiger partial charge on any atom is 0.410 e. The van der Waals surface area contributed by atoms with Crippen molar-refractivity contribution in [3.05, 3.63) is 0 Å². The SMILES string of the molecule is CC(C)OCCCCN=C(N)N1CCN(C(=O)OC(C)(C)C)CC1.I. The predicted molar refractivity (Wildman–Crippen MR) is 112 cm³/mol. The number of amides is 1. The molecule has 25 heavy (non-hydrogen) atoms. The first kappa shape index (κ1) is 24.2. The number of halogens is 1. The molecule has 0 saturated carbocycles. The quantitative estimate of drug-likeness (QED) is 0.280. The first-order chi connectivity index (χ1) is 11.2. The summed E-state index contributed by atoms with van der Waals surface area (Å²) in [5, 5.41) is 0. The molecule has 0 unspecified atom stereocenters. The van der Waals surface area contributed by atoms with Gasteiger partial charge in [0, 0.05) is 39.3 Å². The minimum absolute atomic E-state index is 0. The molecule has 0 aromatic heterocycles. The zero-order chi connectivity index (χ0) is 18.2. The normalized spacial score (nSPS) is 16.0. The molecule has 1 aliphatic rings. The lowest BCUT2D eigenvalue weighted by atomic mass is 10.2. The van der Waals surface area contributed by atoms with Gasteiger partial charge in [0.15, 0.2) is 5.96 Å². The van der Waals surface area contributed by atoms with E-state index >= 15 is 0 Å². The summed E-state index contributed by atoms with van der Waals surface area (Å²) in [7, 11) is 0. The molecular formula is C17H35IN4O3. The Morgan fingerprint density at radius 3 is 2.20 bits per heavy atom. The molecule has 0 atom stereocenters. The average Bonchev–Trinajstić information content (AvgIpc) is 2.48. The maximum atomic E-state index is 12.0. The summed E-state index contributed by atoms with van der Waals surface area (Å²) in [5.41, 5.74) is 5.58. The van der Waals surface area contributed by atoms with Gasteiger partial charge in [0.1, 0.15) is 5.60 Å². The van der Waals surface area contributed by atoms with Gasteiger partial charge >= 0.3 is 6.09 Å². The summed E-state index contributed by atoms with van der Waals surface area (Å²) in [4.78, 5) is 20.2. The summed E-state index contributed by atoms with van der Waals surface area (Å²) >= 11 is 0. The van der Waals surface area contributed by atoms with Gasteiger partial charge in [-0.3, -0.25) is 4.99 Å². The topological polar surface area (TPSA) is 80.4 Å². The molecule has 0 aromatic rings.